The highest BCUT2D eigenvalue weighted by molar-refractivity contribution is 7.54. The molecule has 0 radical (unpaired) electrons. The Kier molecular flexibility index (Phi) is 8.88. The van der Waals surface area contributed by atoms with Crippen LogP contribution < -0.4 is 0 Å². The molecule has 0 spiro atoms. The van der Waals surface area contributed by atoms with Crippen LogP contribution in [0.4, 0.5) is 0 Å². The second-order valence-electron chi connectivity index (χ2n) is 5.85. The van der Waals surface area contributed by atoms with E-state index in [0.29, 0.717) is 19.6 Å². The first-order valence-corrected chi connectivity index (χ1v) is 9.22. The summed E-state index contributed by atoms with van der Waals surface area (Å²) in [4.78, 5) is 12.0. The third-order valence-electron chi connectivity index (χ3n) is 3.67. The summed E-state index contributed by atoms with van der Waals surface area (Å²) in [6.45, 7) is 14.1. The van der Waals surface area contributed by atoms with E-state index in [9.17, 15) is 9.36 Å². The molecule has 0 aromatic carbocycles. The summed E-state index contributed by atoms with van der Waals surface area (Å²) in [6, 6.07) is 0. The first kappa shape index (κ1) is 19.8. The van der Waals surface area contributed by atoms with Gasteiger partial charge in [0.1, 0.15) is 5.78 Å². The SMILES string of the molecule is CCOP(=O)(OCC)[C@@H](C)[C@@H](CC(=O)C(C)C)C(C)C. The van der Waals surface area contributed by atoms with Gasteiger partial charge in [-0.15, -0.1) is 0 Å². The van der Waals surface area contributed by atoms with Crippen LogP contribution in [0.2, 0.25) is 0 Å². The molecule has 20 heavy (non-hydrogen) atoms. The molecule has 0 unspecified atom stereocenters. The van der Waals surface area contributed by atoms with Gasteiger partial charge in [-0.1, -0.05) is 34.6 Å². The first-order valence-electron chi connectivity index (χ1n) is 7.61. The smallest absolute Gasteiger partial charge is 0.309 e. The van der Waals surface area contributed by atoms with Crippen LogP contribution in [0.25, 0.3) is 0 Å². The molecule has 0 fully saturated rings. The van der Waals surface area contributed by atoms with Crippen LogP contribution in [-0.4, -0.2) is 24.7 Å². The van der Waals surface area contributed by atoms with E-state index >= 15 is 0 Å². The summed E-state index contributed by atoms with van der Waals surface area (Å²) >= 11 is 0. The molecule has 0 N–H and O–H groups in total. The molecule has 0 amide bonds. The Balaban J connectivity index is 5.15. The standard InChI is InChI=1S/C15H31O4P/c1-8-18-20(17,19-9-2)13(7)14(11(3)4)10-15(16)12(5)6/h11-14H,8-10H2,1-7H3/t13-,14-/m0/s1. The van der Waals surface area contributed by atoms with Gasteiger partial charge >= 0.3 is 7.60 Å². The molecule has 120 valence electrons. The summed E-state index contributed by atoms with van der Waals surface area (Å²) in [6.07, 6.45) is 0.431. The average Bonchev–Trinajstić information content (AvgIpc) is 2.34. The van der Waals surface area contributed by atoms with E-state index < -0.39 is 7.60 Å². The van der Waals surface area contributed by atoms with Gasteiger partial charge in [0, 0.05) is 12.3 Å². The lowest BCUT2D eigenvalue weighted by atomic mass is 9.86. The normalized spacial score (nSPS) is 15.7. The lowest BCUT2D eigenvalue weighted by Gasteiger charge is -2.32. The van der Waals surface area contributed by atoms with Crippen molar-refractivity contribution in [3.63, 3.8) is 0 Å². The molecular formula is C15H31O4P. The lowest BCUT2D eigenvalue weighted by molar-refractivity contribution is -0.123. The minimum Gasteiger partial charge on any atom is -0.309 e. The molecule has 0 aromatic rings. The monoisotopic (exact) mass is 306 g/mol. The quantitative estimate of drug-likeness (QED) is 0.556. The zero-order valence-corrected chi connectivity index (χ0v) is 14.9. The average molecular weight is 306 g/mol. The minimum absolute atomic E-state index is 0.00187. The van der Waals surface area contributed by atoms with E-state index in [4.69, 9.17) is 9.05 Å². The van der Waals surface area contributed by atoms with Crippen molar-refractivity contribution in [3.05, 3.63) is 0 Å². The Morgan fingerprint density at radius 1 is 1.00 bits per heavy atom. The molecule has 0 aliphatic heterocycles. The summed E-state index contributed by atoms with van der Waals surface area (Å²) in [5.41, 5.74) is -0.273. The predicted octanol–water partition coefficient (Wildman–Crippen LogP) is 4.53. The number of carbonyl (C=O) groups excluding carboxylic acids is 1. The fraction of sp³-hybridized carbons (Fsp3) is 0.933. The molecule has 0 aliphatic rings. The maximum Gasteiger partial charge on any atom is 0.333 e. The Morgan fingerprint density at radius 3 is 1.75 bits per heavy atom. The van der Waals surface area contributed by atoms with Crippen LogP contribution in [-0.2, 0) is 18.4 Å². The summed E-state index contributed by atoms with van der Waals surface area (Å²) in [5, 5.41) is 0. The Bertz CT molecular complexity index is 329. The summed E-state index contributed by atoms with van der Waals surface area (Å²) < 4.78 is 23.7. The molecule has 0 rings (SSSR count). The summed E-state index contributed by atoms with van der Waals surface area (Å²) in [7, 11) is -3.16. The number of carbonyl (C=O) groups is 1. The molecule has 0 saturated heterocycles. The molecule has 2 atom stereocenters. The number of Topliss-reactive ketones (excluding diaryl/α,β-unsaturated/α-hetero) is 1. The van der Waals surface area contributed by atoms with Gasteiger partial charge in [-0.05, 0) is 25.7 Å². The van der Waals surface area contributed by atoms with Gasteiger partial charge in [0.15, 0.2) is 0 Å². The predicted molar refractivity (Wildman–Crippen MR) is 83.1 cm³/mol. The first-order chi connectivity index (χ1) is 9.19. The molecule has 5 heteroatoms. The highest BCUT2D eigenvalue weighted by Crippen LogP contribution is 2.56. The van der Waals surface area contributed by atoms with Gasteiger partial charge in [-0.2, -0.15) is 0 Å². The third kappa shape index (κ3) is 5.67. The van der Waals surface area contributed by atoms with Crippen molar-refractivity contribution in [3.8, 4) is 0 Å². The maximum atomic E-state index is 12.9. The van der Waals surface area contributed by atoms with Crippen molar-refractivity contribution in [2.75, 3.05) is 13.2 Å². The largest absolute Gasteiger partial charge is 0.333 e. The third-order valence-corrected chi connectivity index (χ3v) is 6.29. The van der Waals surface area contributed by atoms with Gasteiger partial charge in [0.25, 0.3) is 0 Å². The van der Waals surface area contributed by atoms with E-state index in [-0.39, 0.29) is 29.2 Å². The molecule has 0 bridgehead atoms. The van der Waals surface area contributed by atoms with Crippen molar-refractivity contribution in [2.45, 2.75) is 60.5 Å². The molecule has 0 aliphatic carbocycles. The van der Waals surface area contributed by atoms with Crippen molar-refractivity contribution in [1.29, 1.82) is 0 Å². The van der Waals surface area contributed by atoms with Crippen LogP contribution in [0.1, 0.15) is 54.9 Å². The van der Waals surface area contributed by atoms with Crippen LogP contribution in [0.5, 0.6) is 0 Å². The Morgan fingerprint density at radius 2 is 1.45 bits per heavy atom. The fourth-order valence-electron chi connectivity index (χ4n) is 2.30. The second-order valence-corrected chi connectivity index (χ2v) is 8.26. The second kappa shape index (κ2) is 8.96. The van der Waals surface area contributed by atoms with Crippen molar-refractivity contribution < 1.29 is 18.4 Å². The van der Waals surface area contributed by atoms with E-state index in [2.05, 4.69) is 13.8 Å². The topological polar surface area (TPSA) is 52.6 Å². The Hall–Kier alpha value is -0.180. The molecular weight excluding hydrogens is 275 g/mol. The maximum absolute atomic E-state index is 12.9. The lowest BCUT2D eigenvalue weighted by Crippen LogP contribution is -2.28. The zero-order valence-electron chi connectivity index (χ0n) is 14.0. The molecule has 4 nitrogen and oxygen atoms in total. The highest BCUT2D eigenvalue weighted by atomic mass is 31.2. The van der Waals surface area contributed by atoms with Gasteiger partial charge in [0.2, 0.25) is 0 Å². The molecule has 0 aromatic heterocycles. The van der Waals surface area contributed by atoms with Crippen molar-refractivity contribution in [1.82, 2.24) is 0 Å². The van der Waals surface area contributed by atoms with Crippen LogP contribution in [0, 0.1) is 17.8 Å². The Labute approximate surface area is 124 Å². The van der Waals surface area contributed by atoms with Gasteiger partial charge < -0.3 is 9.05 Å². The highest BCUT2D eigenvalue weighted by Gasteiger charge is 2.39. The zero-order chi connectivity index (χ0) is 15.9. The van der Waals surface area contributed by atoms with Crippen LogP contribution in [0.15, 0.2) is 0 Å². The number of hydrogen-bond donors (Lipinski definition) is 0. The van der Waals surface area contributed by atoms with E-state index in [1.807, 2.05) is 34.6 Å². The summed E-state index contributed by atoms with van der Waals surface area (Å²) in [5.74, 6) is 0.466. The van der Waals surface area contributed by atoms with E-state index in [0.717, 1.165) is 0 Å². The van der Waals surface area contributed by atoms with Crippen molar-refractivity contribution >= 4 is 13.4 Å². The van der Waals surface area contributed by atoms with Crippen LogP contribution in [0.3, 0.4) is 0 Å². The minimum atomic E-state index is -3.16. The number of rotatable bonds is 10. The van der Waals surface area contributed by atoms with E-state index in [1.165, 1.54) is 0 Å². The van der Waals surface area contributed by atoms with Gasteiger partial charge in [-0.25, -0.2) is 0 Å². The fourth-order valence-corrected chi connectivity index (χ4v) is 4.48. The van der Waals surface area contributed by atoms with Crippen LogP contribution >= 0.6 is 7.60 Å². The van der Waals surface area contributed by atoms with Gasteiger partial charge in [0.05, 0.1) is 18.9 Å². The molecule has 0 heterocycles. The number of hydrogen-bond acceptors (Lipinski definition) is 4. The van der Waals surface area contributed by atoms with Gasteiger partial charge in [-0.3, -0.25) is 9.36 Å². The number of ketones is 1. The van der Waals surface area contributed by atoms with E-state index in [1.54, 1.807) is 0 Å². The van der Waals surface area contributed by atoms with Crippen molar-refractivity contribution in [2.24, 2.45) is 17.8 Å². The molecule has 0 saturated carbocycles.